The van der Waals surface area contributed by atoms with Gasteiger partial charge in [0, 0.05) is 44.6 Å². The zero-order chi connectivity index (χ0) is 21.8. The van der Waals surface area contributed by atoms with Crippen molar-refractivity contribution >= 4 is 27.3 Å². The van der Waals surface area contributed by atoms with Crippen LogP contribution in [0, 0.1) is 0 Å². The third-order valence-electron chi connectivity index (χ3n) is 5.39. The molecule has 0 radical (unpaired) electrons. The van der Waals surface area contributed by atoms with Crippen LogP contribution in [0.15, 0.2) is 35.5 Å². The van der Waals surface area contributed by atoms with Gasteiger partial charge in [-0.05, 0) is 25.1 Å². The lowest BCUT2D eigenvalue weighted by atomic mass is 10.1. The summed E-state index contributed by atoms with van der Waals surface area (Å²) >= 11 is 0. The molecule has 1 N–H and O–H groups in total. The Morgan fingerprint density at radius 1 is 1.10 bits per heavy atom. The number of carbonyl (C=O) groups is 1. The fraction of sp³-hybridized carbons (Fsp3) is 0.500. The zero-order valence-electron chi connectivity index (χ0n) is 17.5. The summed E-state index contributed by atoms with van der Waals surface area (Å²) in [5, 5.41) is 7.01. The molecule has 1 aromatic heterocycles. The molecule has 2 saturated heterocycles. The van der Waals surface area contributed by atoms with Gasteiger partial charge in [0.15, 0.2) is 0 Å². The number of amides is 1. The lowest BCUT2D eigenvalue weighted by molar-refractivity contribution is 0.0730. The molecule has 0 atom stereocenters. The molecular formula is C20H27N5O5S. The number of sulfonamides is 1. The summed E-state index contributed by atoms with van der Waals surface area (Å²) in [5.74, 6) is -0.379. The van der Waals surface area contributed by atoms with E-state index in [9.17, 15) is 13.2 Å². The number of aryl methyl sites for hydroxylation is 1. The highest BCUT2D eigenvalue weighted by Crippen LogP contribution is 2.28. The van der Waals surface area contributed by atoms with Gasteiger partial charge in [-0.15, -0.1) is 0 Å². The molecule has 0 bridgehead atoms. The average molecular weight is 450 g/mol. The lowest BCUT2D eigenvalue weighted by Crippen LogP contribution is -2.41. The summed E-state index contributed by atoms with van der Waals surface area (Å²) in [7, 11) is -3.72. The second kappa shape index (κ2) is 9.35. The highest BCUT2D eigenvalue weighted by atomic mass is 32.2. The minimum Gasteiger partial charge on any atom is -0.379 e. The Bertz CT molecular complexity index is 1030. The van der Waals surface area contributed by atoms with Crippen LogP contribution in [-0.2, 0) is 26.0 Å². The number of morpholine rings is 2. The van der Waals surface area contributed by atoms with Crippen molar-refractivity contribution in [3.05, 3.63) is 36.2 Å². The first-order valence-electron chi connectivity index (χ1n) is 10.4. The number of benzene rings is 1. The molecule has 0 spiro atoms. The van der Waals surface area contributed by atoms with Crippen molar-refractivity contribution in [1.82, 2.24) is 14.1 Å². The smallest absolute Gasteiger partial charge is 0.257 e. The molecule has 2 aliphatic rings. The van der Waals surface area contributed by atoms with Gasteiger partial charge in [0.05, 0.1) is 48.8 Å². The molecule has 0 saturated carbocycles. The summed E-state index contributed by atoms with van der Waals surface area (Å²) < 4.78 is 40.1. The van der Waals surface area contributed by atoms with Gasteiger partial charge in [-0.25, -0.2) is 8.42 Å². The van der Waals surface area contributed by atoms with E-state index >= 15 is 0 Å². The van der Waals surface area contributed by atoms with E-state index in [0.717, 1.165) is 0 Å². The van der Waals surface area contributed by atoms with Crippen LogP contribution >= 0.6 is 0 Å². The Morgan fingerprint density at radius 3 is 2.42 bits per heavy atom. The quantitative estimate of drug-likeness (QED) is 0.702. The molecule has 2 aromatic rings. The van der Waals surface area contributed by atoms with Crippen LogP contribution in [-0.4, -0.2) is 81.0 Å². The van der Waals surface area contributed by atoms with E-state index in [-0.39, 0.29) is 10.8 Å². The molecule has 10 nitrogen and oxygen atoms in total. The van der Waals surface area contributed by atoms with Crippen molar-refractivity contribution in [2.75, 3.05) is 62.8 Å². The van der Waals surface area contributed by atoms with E-state index in [4.69, 9.17) is 9.47 Å². The van der Waals surface area contributed by atoms with E-state index in [1.54, 1.807) is 29.2 Å². The van der Waals surface area contributed by atoms with Gasteiger partial charge in [0.25, 0.3) is 5.91 Å². The van der Waals surface area contributed by atoms with E-state index in [1.807, 2.05) is 11.8 Å². The van der Waals surface area contributed by atoms with Crippen molar-refractivity contribution in [3.8, 4) is 0 Å². The molecule has 168 valence electrons. The Kier molecular flexibility index (Phi) is 6.56. The Morgan fingerprint density at radius 2 is 1.77 bits per heavy atom. The number of rotatable bonds is 6. The van der Waals surface area contributed by atoms with Gasteiger partial charge in [0.1, 0.15) is 0 Å². The monoisotopic (exact) mass is 449 g/mol. The third-order valence-corrected chi connectivity index (χ3v) is 7.28. The number of hydrogen-bond donors (Lipinski definition) is 1. The summed E-state index contributed by atoms with van der Waals surface area (Å²) in [4.78, 5) is 15.3. The number of nitrogens with one attached hydrogen (secondary N) is 1. The number of aromatic nitrogens is 2. The standard InChI is InChI=1S/C20H27N5O5S/c1-2-24-15-16(14-21-24)22-20(26)18-13-17(31(27,28)25-7-11-30-12-8-25)3-4-19(18)23-5-9-29-10-6-23/h3-4,13-15H,2,5-12H2,1H3,(H,22,26). The maximum atomic E-state index is 13.2. The number of ether oxygens (including phenoxy) is 2. The first-order valence-corrected chi connectivity index (χ1v) is 11.8. The van der Waals surface area contributed by atoms with E-state index < -0.39 is 10.0 Å². The van der Waals surface area contributed by atoms with Crippen molar-refractivity contribution < 1.29 is 22.7 Å². The molecule has 3 heterocycles. The number of hydrogen-bond acceptors (Lipinski definition) is 7. The number of carbonyl (C=O) groups excluding carboxylic acids is 1. The second-order valence-electron chi connectivity index (χ2n) is 7.33. The molecule has 0 unspecified atom stereocenters. The Labute approximate surface area is 181 Å². The van der Waals surface area contributed by atoms with Crippen LogP contribution in [0.4, 0.5) is 11.4 Å². The maximum absolute atomic E-state index is 13.2. The maximum Gasteiger partial charge on any atom is 0.257 e. The molecule has 4 rings (SSSR count). The summed E-state index contributed by atoms with van der Waals surface area (Å²) in [6, 6.07) is 4.75. The normalized spacial score (nSPS) is 18.2. The molecular weight excluding hydrogens is 422 g/mol. The van der Waals surface area contributed by atoms with Gasteiger partial charge >= 0.3 is 0 Å². The van der Waals surface area contributed by atoms with Gasteiger partial charge in [-0.1, -0.05) is 0 Å². The largest absolute Gasteiger partial charge is 0.379 e. The van der Waals surface area contributed by atoms with Crippen LogP contribution in [0.3, 0.4) is 0 Å². The predicted octanol–water partition coefficient (Wildman–Crippen LogP) is 1.01. The van der Waals surface area contributed by atoms with Crippen LogP contribution in [0.25, 0.3) is 0 Å². The molecule has 31 heavy (non-hydrogen) atoms. The number of nitrogens with zero attached hydrogens (tertiary/aromatic N) is 4. The highest BCUT2D eigenvalue weighted by Gasteiger charge is 2.29. The van der Waals surface area contributed by atoms with Crippen LogP contribution in [0.2, 0.25) is 0 Å². The second-order valence-corrected chi connectivity index (χ2v) is 9.27. The number of anilines is 2. The molecule has 2 fully saturated rings. The molecule has 2 aliphatic heterocycles. The van der Waals surface area contributed by atoms with Crippen molar-refractivity contribution in [2.24, 2.45) is 0 Å². The zero-order valence-corrected chi connectivity index (χ0v) is 18.3. The third kappa shape index (κ3) is 4.74. The van der Waals surface area contributed by atoms with E-state index in [1.165, 1.54) is 10.4 Å². The van der Waals surface area contributed by atoms with Gasteiger partial charge < -0.3 is 19.7 Å². The molecule has 1 amide bonds. The fourth-order valence-corrected chi connectivity index (χ4v) is 5.11. The van der Waals surface area contributed by atoms with Crippen molar-refractivity contribution in [2.45, 2.75) is 18.4 Å². The molecule has 11 heteroatoms. The van der Waals surface area contributed by atoms with E-state index in [0.29, 0.717) is 76.1 Å². The van der Waals surface area contributed by atoms with Crippen LogP contribution in [0.5, 0.6) is 0 Å². The average Bonchev–Trinajstić information content (AvgIpc) is 3.27. The lowest BCUT2D eigenvalue weighted by Gasteiger charge is -2.31. The summed E-state index contributed by atoms with van der Waals surface area (Å²) in [6.07, 6.45) is 3.31. The fourth-order valence-electron chi connectivity index (χ4n) is 3.67. The van der Waals surface area contributed by atoms with Crippen molar-refractivity contribution in [3.63, 3.8) is 0 Å². The Hall–Kier alpha value is -2.47. The summed E-state index contributed by atoms with van der Waals surface area (Å²) in [5.41, 5.74) is 1.55. The highest BCUT2D eigenvalue weighted by molar-refractivity contribution is 7.89. The topological polar surface area (TPSA) is 106 Å². The van der Waals surface area contributed by atoms with Gasteiger partial charge in [-0.3, -0.25) is 9.48 Å². The molecule has 1 aromatic carbocycles. The SMILES string of the molecule is CCn1cc(NC(=O)c2cc(S(=O)(=O)N3CCOCC3)ccc2N2CCOCC2)cn1. The van der Waals surface area contributed by atoms with Gasteiger partial charge in [-0.2, -0.15) is 9.40 Å². The van der Waals surface area contributed by atoms with Crippen molar-refractivity contribution in [1.29, 1.82) is 0 Å². The van der Waals surface area contributed by atoms with E-state index in [2.05, 4.69) is 10.4 Å². The first-order chi connectivity index (χ1) is 15.0. The van der Waals surface area contributed by atoms with Crippen LogP contribution < -0.4 is 10.2 Å². The predicted molar refractivity (Wildman–Crippen MR) is 115 cm³/mol. The minimum atomic E-state index is -3.72. The first kappa shape index (κ1) is 21.8. The minimum absolute atomic E-state index is 0.0980. The Balaban J connectivity index is 1.68. The molecule has 0 aliphatic carbocycles. The summed E-state index contributed by atoms with van der Waals surface area (Å²) in [6.45, 7) is 6.32. The van der Waals surface area contributed by atoms with Crippen LogP contribution in [0.1, 0.15) is 17.3 Å². The van der Waals surface area contributed by atoms with Gasteiger partial charge in [0.2, 0.25) is 10.0 Å².